The molecule has 3 rings (SSSR count). The van der Waals surface area contributed by atoms with E-state index in [1.165, 1.54) is 0 Å². The van der Waals surface area contributed by atoms with Crippen molar-refractivity contribution in [3.05, 3.63) is 41.0 Å². The molecule has 2 amide bonds. The minimum atomic E-state index is -0.657. The molecule has 6 nitrogen and oxygen atoms in total. The van der Waals surface area contributed by atoms with Gasteiger partial charge in [0.1, 0.15) is 6.04 Å². The van der Waals surface area contributed by atoms with Crippen molar-refractivity contribution in [3.63, 3.8) is 0 Å². The number of likely N-dealkylation sites (tertiary alicyclic amines) is 1. The van der Waals surface area contributed by atoms with Crippen LogP contribution in [0.25, 0.3) is 10.4 Å². The van der Waals surface area contributed by atoms with E-state index >= 15 is 0 Å². The molecule has 2 N–H and O–H groups in total. The summed E-state index contributed by atoms with van der Waals surface area (Å²) in [6, 6.07) is 7.44. The summed E-state index contributed by atoms with van der Waals surface area (Å²) in [6.45, 7) is 8.60. The van der Waals surface area contributed by atoms with Crippen LogP contribution >= 0.6 is 11.3 Å². The van der Waals surface area contributed by atoms with Crippen molar-refractivity contribution in [1.82, 2.24) is 15.2 Å². The average Bonchev–Trinajstić information content (AvgIpc) is 3.36. The fourth-order valence-corrected chi connectivity index (χ4v) is 4.64. The zero-order chi connectivity index (χ0) is 21.8. The highest BCUT2D eigenvalue weighted by Gasteiger charge is 2.40. The maximum absolute atomic E-state index is 12.9. The second kappa shape index (κ2) is 9.71. The number of aromatic nitrogens is 1. The molecule has 7 heteroatoms. The molecule has 4 unspecified atom stereocenters. The number of carbonyl (C=O) groups excluding carboxylic acids is 2. The number of aliphatic hydroxyl groups is 1. The molecule has 1 aliphatic rings. The molecule has 1 saturated heterocycles. The molecule has 1 aromatic heterocycles. The first-order valence-electron chi connectivity index (χ1n) is 10.6. The Bertz CT molecular complexity index is 880. The lowest BCUT2D eigenvalue weighted by Crippen LogP contribution is -2.48. The van der Waals surface area contributed by atoms with Crippen LogP contribution in [0.3, 0.4) is 0 Å². The number of thiazole rings is 1. The largest absolute Gasteiger partial charge is 0.391 e. The third kappa shape index (κ3) is 4.90. The van der Waals surface area contributed by atoms with Crippen LogP contribution in [0.5, 0.6) is 0 Å². The molecule has 30 heavy (non-hydrogen) atoms. The van der Waals surface area contributed by atoms with Gasteiger partial charge in [-0.3, -0.25) is 9.59 Å². The predicted octanol–water partition coefficient (Wildman–Crippen LogP) is 3.38. The van der Waals surface area contributed by atoms with Gasteiger partial charge in [0.2, 0.25) is 11.8 Å². The number of β-amino-alcohol motifs (C(OH)–C–C–N with tert-alkyl or cyclic N) is 1. The molecule has 0 spiro atoms. The third-order valence-corrected chi connectivity index (χ3v) is 7.16. The number of nitrogens with zero attached hydrogens (tertiary/aromatic N) is 2. The van der Waals surface area contributed by atoms with E-state index in [4.69, 9.17) is 0 Å². The number of hydrogen-bond acceptors (Lipinski definition) is 5. The second-order valence-electron chi connectivity index (χ2n) is 8.25. The molecular weight excluding hydrogens is 398 g/mol. The van der Waals surface area contributed by atoms with Crippen LogP contribution in [0.15, 0.2) is 29.8 Å². The summed E-state index contributed by atoms with van der Waals surface area (Å²) in [4.78, 5) is 32.7. The molecule has 1 aromatic carbocycles. The van der Waals surface area contributed by atoms with E-state index in [2.05, 4.69) is 17.2 Å². The van der Waals surface area contributed by atoms with Gasteiger partial charge in [-0.15, -0.1) is 11.3 Å². The maximum Gasteiger partial charge on any atom is 0.243 e. The monoisotopic (exact) mass is 429 g/mol. The van der Waals surface area contributed by atoms with E-state index in [0.29, 0.717) is 6.54 Å². The molecule has 0 bridgehead atoms. The molecule has 2 heterocycles. The normalized spacial score (nSPS) is 20.8. The van der Waals surface area contributed by atoms with Gasteiger partial charge in [-0.2, -0.15) is 0 Å². The van der Waals surface area contributed by atoms with E-state index < -0.39 is 12.1 Å². The van der Waals surface area contributed by atoms with Crippen molar-refractivity contribution in [3.8, 4) is 10.4 Å². The molecule has 162 valence electrons. The van der Waals surface area contributed by atoms with Gasteiger partial charge in [0.05, 0.1) is 22.2 Å². The van der Waals surface area contributed by atoms with Gasteiger partial charge in [-0.1, -0.05) is 51.5 Å². The van der Waals surface area contributed by atoms with Gasteiger partial charge < -0.3 is 15.3 Å². The zero-order valence-corrected chi connectivity index (χ0v) is 18.9. The van der Waals surface area contributed by atoms with Gasteiger partial charge in [-0.25, -0.2) is 4.98 Å². The Kier molecular flexibility index (Phi) is 7.26. The molecule has 0 aliphatic carbocycles. The molecule has 1 aliphatic heterocycles. The number of carbonyl (C=O) groups is 2. The van der Waals surface area contributed by atoms with E-state index in [9.17, 15) is 14.7 Å². The van der Waals surface area contributed by atoms with Crippen LogP contribution in [0.2, 0.25) is 0 Å². The Hall–Kier alpha value is -2.25. The lowest BCUT2D eigenvalue weighted by molar-refractivity contribution is -0.142. The summed E-state index contributed by atoms with van der Waals surface area (Å²) < 4.78 is 0. The number of aliphatic hydroxyl groups excluding tert-OH is 1. The standard InChI is InChI=1S/C23H31N3O3S/c1-5-14(2)15(3)23(29)26-12-19(27)10-20(26)22(28)24-11-17-6-8-18(9-7-17)21-16(4)25-13-30-21/h6-9,13-15,19-20,27H,5,10-12H2,1-4H3,(H,24,28). The van der Waals surface area contributed by atoms with Crippen LogP contribution < -0.4 is 5.32 Å². The van der Waals surface area contributed by atoms with E-state index in [-0.39, 0.29) is 36.6 Å². The molecular formula is C23H31N3O3S. The lowest BCUT2D eigenvalue weighted by Gasteiger charge is -2.28. The van der Waals surface area contributed by atoms with Crippen LogP contribution in [0.4, 0.5) is 0 Å². The fraction of sp³-hybridized carbons (Fsp3) is 0.522. The Labute approximate surface area is 182 Å². The van der Waals surface area contributed by atoms with Crippen molar-refractivity contribution in [1.29, 1.82) is 0 Å². The van der Waals surface area contributed by atoms with Gasteiger partial charge in [0.15, 0.2) is 0 Å². The molecule has 1 fully saturated rings. The zero-order valence-electron chi connectivity index (χ0n) is 18.1. The number of rotatable bonds is 7. The van der Waals surface area contributed by atoms with Gasteiger partial charge in [-0.05, 0) is 24.0 Å². The Morgan fingerprint density at radius 3 is 2.60 bits per heavy atom. The predicted molar refractivity (Wildman–Crippen MR) is 119 cm³/mol. The first-order chi connectivity index (χ1) is 14.3. The Morgan fingerprint density at radius 2 is 2.00 bits per heavy atom. The first-order valence-corrected chi connectivity index (χ1v) is 11.4. The highest BCUT2D eigenvalue weighted by atomic mass is 32.1. The molecule has 4 atom stereocenters. The SMILES string of the molecule is CCC(C)C(C)C(=O)N1CC(O)CC1C(=O)NCc1ccc(-c2scnc2C)cc1. The van der Waals surface area contributed by atoms with Crippen LogP contribution in [-0.2, 0) is 16.1 Å². The lowest BCUT2D eigenvalue weighted by atomic mass is 9.92. The summed E-state index contributed by atoms with van der Waals surface area (Å²) in [5, 5.41) is 13.0. The molecule has 0 radical (unpaired) electrons. The Morgan fingerprint density at radius 1 is 1.30 bits per heavy atom. The maximum atomic E-state index is 12.9. The minimum absolute atomic E-state index is 0.0506. The summed E-state index contributed by atoms with van der Waals surface area (Å²) in [5.41, 5.74) is 4.94. The smallest absolute Gasteiger partial charge is 0.243 e. The van der Waals surface area contributed by atoms with E-state index in [1.54, 1.807) is 16.2 Å². The topological polar surface area (TPSA) is 82.5 Å². The molecule has 0 saturated carbocycles. The van der Waals surface area contributed by atoms with Crippen LogP contribution in [0.1, 0.15) is 44.9 Å². The van der Waals surface area contributed by atoms with E-state index in [1.807, 2.05) is 50.5 Å². The highest BCUT2D eigenvalue weighted by molar-refractivity contribution is 7.13. The fourth-order valence-electron chi connectivity index (χ4n) is 3.82. The molecule has 2 aromatic rings. The van der Waals surface area contributed by atoms with E-state index in [0.717, 1.165) is 28.1 Å². The number of benzene rings is 1. The third-order valence-electron chi connectivity index (χ3n) is 6.18. The number of amides is 2. The van der Waals surface area contributed by atoms with Crippen molar-refractivity contribution in [2.45, 2.75) is 59.2 Å². The van der Waals surface area contributed by atoms with Gasteiger partial charge in [0, 0.05) is 25.4 Å². The van der Waals surface area contributed by atoms with Crippen molar-refractivity contribution in [2.75, 3.05) is 6.54 Å². The summed E-state index contributed by atoms with van der Waals surface area (Å²) in [6.07, 6.45) is 0.529. The second-order valence-corrected chi connectivity index (χ2v) is 9.11. The van der Waals surface area contributed by atoms with Crippen LogP contribution in [0, 0.1) is 18.8 Å². The van der Waals surface area contributed by atoms with Gasteiger partial charge in [0.25, 0.3) is 0 Å². The number of hydrogen-bond donors (Lipinski definition) is 2. The summed E-state index contributed by atoms with van der Waals surface area (Å²) in [7, 11) is 0. The average molecular weight is 430 g/mol. The van der Waals surface area contributed by atoms with Crippen LogP contribution in [-0.4, -0.2) is 45.5 Å². The number of aryl methyl sites for hydroxylation is 1. The minimum Gasteiger partial charge on any atom is -0.391 e. The summed E-state index contributed by atoms with van der Waals surface area (Å²) >= 11 is 1.61. The quantitative estimate of drug-likeness (QED) is 0.707. The van der Waals surface area contributed by atoms with Crippen molar-refractivity contribution >= 4 is 23.2 Å². The first kappa shape index (κ1) is 22.4. The Balaban J connectivity index is 1.62. The number of nitrogens with one attached hydrogen (secondary N) is 1. The van der Waals surface area contributed by atoms with Crippen molar-refractivity contribution in [2.24, 2.45) is 11.8 Å². The summed E-state index contributed by atoms with van der Waals surface area (Å²) in [5.74, 6) is -0.193. The van der Waals surface area contributed by atoms with Gasteiger partial charge >= 0.3 is 0 Å². The van der Waals surface area contributed by atoms with Crippen molar-refractivity contribution < 1.29 is 14.7 Å². The highest BCUT2D eigenvalue weighted by Crippen LogP contribution is 2.27.